The number of aromatic nitrogens is 2. The van der Waals surface area contributed by atoms with E-state index in [9.17, 15) is 8.42 Å². The van der Waals surface area contributed by atoms with E-state index in [0.29, 0.717) is 13.1 Å². The molecule has 0 aliphatic carbocycles. The highest BCUT2D eigenvalue weighted by molar-refractivity contribution is 7.89. The van der Waals surface area contributed by atoms with Crippen molar-refractivity contribution in [2.75, 3.05) is 12.3 Å². The largest absolute Gasteiger partial charge is 0.310 e. The fourth-order valence-electron chi connectivity index (χ4n) is 1.23. The molecule has 0 amide bonds. The van der Waals surface area contributed by atoms with Gasteiger partial charge in [0.25, 0.3) is 0 Å². The van der Waals surface area contributed by atoms with Crippen LogP contribution in [0.3, 0.4) is 0 Å². The van der Waals surface area contributed by atoms with Crippen LogP contribution in [0.15, 0.2) is 12.3 Å². The van der Waals surface area contributed by atoms with Crippen molar-refractivity contribution in [2.45, 2.75) is 20.0 Å². The maximum absolute atomic E-state index is 10.6. The van der Waals surface area contributed by atoms with E-state index in [1.807, 2.05) is 17.7 Å². The maximum atomic E-state index is 10.6. The lowest BCUT2D eigenvalue weighted by atomic mass is 10.4. The van der Waals surface area contributed by atoms with E-state index in [-0.39, 0.29) is 5.75 Å². The van der Waals surface area contributed by atoms with E-state index < -0.39 is 10.0 Å². The van der Waals surface area contributed by atoms with Crippen molar-refractivity contribution >= 4 is 10.0 Å². The van der Waals surface area contributed by atoms with Gasteiger partial charge in [-0.25, -0.2) is 13.6 Å². The van der Waals surface area contributed by atoms with Gasteiger partial charge in [0.05, 0.1) is 11.4 Å². The SMILES string of the molecule is CCn1nccc1CNCCS(N)(=O)=O. The molecule has 1 aromatic rings. The predicted octanol–water partition coefficient (Wildman–Crippen LogP) is -0.719. The molecule has 0 aromatic carbocycles. The van der Waals surface area contributed by atoms with Crippen molar-refractivity contribution in [3.8, 4) is 0 Å². The average Bonchev–Trinajstić information content (AvgIpc) is 2.58. The molecule has 6 nitrogen and oxygen atoms in total. The second-order valence-electron chi connectivity index (χ2n) is 3.18. The van der Waals surface area contributed by atoms with Crippen LogP contribution >= 0.6 is 0 Å². The Hall–Kier alpha value is -0.920. The molecule has 15 heavy (non-hydrogen) atoms. The molecule has 0 fully saturated rings. The third kappa shape index (κ3) is 4.41. The molecule has 0 unspecified atom stereocenters. The van der Waals surface area contributed by atoms with Crippen LogP contribution in [0.2, 0.25) is 0 Å². The number of aryl methyl sites for hydroxylation is 1. The van der Waals surface area contributed by atoms with Crippen LogP contribution in [0, 0.1) is 0 Å². The van der Waals surface area contributed by atoms with Gasteiger partial charge < -0.3 is 5.32 Å². The molecular weight excluding hydrogens is 216 g/mol. The molecule has 0 atom stereocenters. The molecule has 86 valence electrons. The van der Waals surface area contributed by atoms with Gasteiger partial charge in [-0.1, -0.05) is 0 Å². The van der Waals surface area contributed by atoms with Gasteiger partial charge >= 0.3 is 0 Å². The summed E-state index contributed by atoms with van der Waals surface area (Å²) in [4.78, 5) is 0. The summed E-state index contributed by atoms with van der Waals surface area (Å²) < 4.78 is 23.1. The Labute approximate surface area is 89.5 Å². The second kappa shape index (κ2) is 5.24. The first-order valence-corrected chi connectivity index (χ1v) is 6.46. The van der Waals surface area contributed by atoms with Gasteiger partial charge in [0.15, 0.2) is 0 Å². The first kappa shape index (κ1) is 12.2. The highest BCUT2D eigenvalue weighted by atomic mass is 32.2. The Kier molecular flexibility index (Phi) is 4.25. The monoisotopic (exact) mass is 232 g/mol. The molecule has 0 aliphatic heterocycles. The van der Waals surface area contributed by atoms with Crippen LogP contribution in [-0.2, 0) is 23.1 Å². The normalized spacial score (nSPS) is 11.9. The Morgan fingerprint density at radius 1 is 1.60 bits per heavy atom. The lowest BCUT2D eigenvalue weighted by Gasteiger charge is -2.05. The summed E-state index contributed by atoms with van der Waals surface area (Å²) in [5.74, 6) is -0.0484. The molecule has 3 N–H and O–H groups in total. The molecule has 0 radical (unpaired) electrons. The summed E-state index contributed by atoms with van der Waals surface area (Å²) in [6.45, 7) is 3.76. The van der Waals surface area contributed by atoms with Crippen molar-refractivity contribution in [2.24, 2.45) is 5.14 Å². The number of nitrogens with zero attached hydrogens (tertiary/aromatic N) is 2. The van der Waals surface area contributed by atoms with Gasteiger partial charge in [-0.15, -0.1) is 0 Å². The van der Waals surface area contributed by atoms with Crippen LogP contribution in [0.1, 0.15) is 12.6 Å². The molecule has 0 saturated carbocycles. The van der Waals surface area contributed by atoms with E-state index >= 15 is 0 Å². The van der Waals surface area contributed by atoms with Gasteiger partial charge in [0.1, 0.15) is 0 Å². The predicted molar refractivity (Wildman–Crippen MR) is 57.6 cm³/mol. The van der Waals surface area contributed by atoms with E-state index in [2.05, 4.69) is 10.4 Å². The highest BCUT2D eigenvalue weighted by Gasteiger charge is 2.03. The lowest BCUT2D eigenvalue weighted by Crippen LogP contribution is -2.27. The summed E-state index contributed by atoms with van der Waals surface area (Å²) in [6, 6.07) is 1.90. The third-order valence-corrected chi connectivity index (χ3v) is 2.75. The number of rotatable bonds is 6. The molecule has 1 rings (SSSR count). The average molecular weight is 232 g/mol. The van der Waals surface area contributed by atoms with E-state index in [4.69, 9.17) is 5.14 Å². The van der Waals surface area contributed by atoms with Crippen molar-refractivity contribution in [1.29, 1.82) is 0 Å². The lowest BCUT2D eigenvalue weighted by molar-refractivity contribution is 0.578. The Balaban J connectivity index is 2.32. The standard InChI is InChI=1S/C8H16N4O2S/c1-2-12-8(3-4-11-12)7-10-5-6-15(9,13)14/h3-4,10H,2,5-7H2,1H3,(H2,9,13,14). The second-order valence-corrected chi connectivity index (χ2v) is 4.92. The minimum absolute atomic E-state index is 0.0484. The highest BCUT2D eigenvalue weighted by Crippen LogP contribution is 1.97. The molecule has 0 aliphatic rings. The van der Waals surface area contributed by atoms with Gasteiger partial charge in [-0.3, -0.25) is 4.68 Å². The molecule has 0 spiro atoms. The van der Waals surface area contributed by atoms with Gasteiger partial charge in [-0.05, 0) is 13.0 Å². The summed E-state index contributed by atoms with van der Waals surface area (Å²) >= 11 is 0. The minimum atomic E-state index is -3.37. The smallest absolute Gasteiger partial charge is 0.210 e. The van der Waals surface area contributed by atoms with Crippen LogP contribution in [-0.4, -0.2) is 30.5 Å². The van der Waals surface area contributed by atoms with Gasteiger partial charge in [0.2, 0.25) is 10.0 Å². The van der Waals surface area contributed by atoms with E-state index in [0.717, 1.165) is 12.2 Å². The number of nitrogens with two attached hydrogens (primary N) is 1. The quantitative estimate of drug-likeness (QED) is 0.633. The minimum Gasteiger partial charge on any atom is -0.310 e. The fraction of sp³-hybridized carbons (Fsp3) is 0.625. The topological polar surface area (TPSA) is 90.0 Å². The third-order valence-electron chi connectivity index (χ3n) is 1.97. The number of hydrogen-bond acceptors (Lipinski definition) is 4. The fourth-order valence-corrected chi connectivity index (χ4v) is 1.65. The van der Waals surface area contributed by atoms with Gasteiger partial charge in [-0.2, -0.15) is 5.10 Å². The summed E-state index contributed by atoms with van der Waals surface area (Å²) in [7, 11) is -3.37. The zero-order valence-electron chi connectivity index (χ0n) is 8.68. The molecule has 0 saturated heterocycles. The van der Waals surface area contributed by atoms with Crippen molar-refractivity contribution in [3.63, 3.8) is 0 Å². The number of nitrogens with one attached hydrogen (secondary N) is 1. The van der Waals surface area contributed by atoms with Crippen LogP contribution in [0.25, 0.3) is 0 Å². The van der Waals surface area contributed by atoms with E-state index in [1.54, 1.807) is 6.20 Å². The number of primary sulfonamides is 1. The first-order valence-electron chi connectivity index (χ1n) is 4.75. The van der Waals surface area contributed by atoms with Crippen molar-refractivity contribution in [1.82, 2.24) is 15.1 Å². The molecule has 0 bridgehead atoms. The summed E-state index contributed by atoms with van der Waals surface area (Å²) in [6.07, 6.45) is 1.72. The zero-order chi connectivity index (χ0) is 11.3. The summed E-state index contributed by atoms with van der Waals surface area (Å²) in [5, 5.41) is 12.0. The molecule has 1 heterocycles. The Bertz CT molecular complexity index is 399. The first-order chi connectivity index (χ1) is 7.03. The Morgan fingerprint density at radius 2 is 2.33 bits per heavy atom. The van der Waals surface area contributed by atoms with Crippen LogP contribution < -0.4 is 10.5 Å². The van der Waals surface area contributed by atoms with Crippen LogP contribution in [0.4, 0.5) is 0 Å². The molecular formula is C8H16N4O2S. The molecule has 1 aromatic heterocycles. The van der Waals surface area contributed by atoms with Crippen molar-refractivity contribution in [3.05, 3.63) is 18.0 Å². The number of hydrogen-bond donors (Lipinski definition) is 2. The van der Waals surface area contributed by atoms with Crippen molar-refractivity contribution < 1.29 is 8.42 Å². The zero-order valence-corrected chi connectivity index (χ0v) is 9.50. The van der Waals surface area contributed by atoms with Gasteiger partial charge in [0, 0.05) is 25.8 Å². The molecule has 7 heteroatoms. The number of sulfonamides is 1. The maximum Gasteiger partial charge on any atom is 0.210 e. The van der Waals surface area contributed by atoms with E-state index in [1.165, 1.54) is 0 Å². The summed E-state index contributed by atoms with van der Waals surface area (Å²) in [5.41, 5.74) is 1.03. The van der Waals surface area contributed by atoms with Crippen LogP contribution in [0.5, 0.6) is 0 Å². The Morgan fingerprint density at radius 3 is 2.93 bits per heavy atom.